The van der Waals surface area contributed by atoms with E-state index in [0.717, 1.165) is 0 Å². The number of nitrogens with zero attached hydrogens (tertiary/aromatic N) is 6. The van der Waals surface area contributed by atoms with Gasteiger partial charge in [-0.1, -0.05) is 0 Å². The van der Waals surface area contributed by atoms with Crippen molar-refractivity contribution in [2.75, 3.05) is 36.0 Å². The highest BCUT2D eigenvalue weighted by Crippen LogP contribution is 2.31. The number of hydrogen-bond donors (Lipinski definition) is 0. The molecule has 0 atom stereocenters. The molecule has 0 amide bonds. The minimum Gasteiger partial charge on any atom is -0.352 e. The van der Waals surface area contributed by atoms with Crippen LogP contribution in [0.5, 0.6) is 0 Å². The summed E-state index contributed by atoms with van der Waals surface area (Å²) in [6, 6.07) is 2.75. The number of rotatable bonds is 3. The monoisotopic (exact) mass is 442 g/mol. The number of benzene rings is 1. The summed E-state index contributed by atoms with van der Waals surface area (Å²) in [6.45, 7) is 2.74. The Kier molecular flexibility index (Phi) is 4.41. The summed E-state index contributed by atoms with van der Waals surface area (Å²) in [6.07, 6.45) is 1.43. The molecule has 2 aromatic heterocycles. The standard InChI is InChI=1S/C16H14BrF3N6O/c1-16(19,20)14-23-15(24-27-14)26-4-2-25(3-5-26)13-10-6-9(18)7-11(17)12(10)21-8-22-13/h6-8H,2-5H2,1H3. The molecule has 1 fully saturated rings. The smallest absolute Gasteiger partial charge is 0.322 e. The fourth-order valence-corrected chi connectivity index (χ4v) is 3.51. The van der Waals surface area contributed by atoms with Crippen molar-refractivity contribution in [1.29, 1.82) is 0 Å². The van der Waals surface area contributed by atoms with Gasteiger partial charge in [-0.25, -0.2) is 14.4 Å². The van der Waals surface area contributed by atoms with E-state index in [0.29, 0.717) is 54.3 Å². The second kappa shape index (κ2) is 6.63. The second-order valence-corrected chi connectivity index (χ2v) is 7.10. The van der Waals surface area contributed by atoms with Crippen molar-refractivity contribution in [3.8, 4) is 0 Å². The average Bonchev–Trinajstić information content (AvgIpc) is 3.12. The Bertz CT molecular complexity index is 984. The summed E-state index contributed by atoms with van der Waals surface area (Å²) in [5.74, 6) is -3.52. The van der Waals surface area contributed by atoms with Crippen LogP contribution in [0.1, 0.15) is 12.8 Å². The van der Waals surface area contributed by atoms with Crippen molar-refractivity contribution >= 4 is 38.6 Å². The van der Waals surface area contributed by atoms with Gasteiger partial charge in [0.2, 0.25) is 0 Å². The Morgan fingerprint density at radius 3 is 2.48 bits per heavy atom. The summed E-state index contributed by atoms with van der Waals surface area (Å²) in [5, 5.41) is 4.24. The first-order valence-corrected chi connectivity index (χ1v) is 8.94. The highest BCUT2D eigenvalue weighted by molar-refractivity contribution is 9.10. The Morgan fingerprint density at radius 2 is 1.81 bits per heavy atom. The lowest BCUT2D eigenvalue weighted by Gasteiger charge is -2.35. The van der Waals surface area contributed by atoms with E-state index in [-0.39, 0.29) is 11.8 Å². The minimum atomic E-state index is -3.18. The van der Waals surface area contributed by atoms with Crippen LogP contribution in [0.2, 0.25) is 0 Å². The summed E-state index contributed by atoms with van der Waals surface area (Å²) in [4.78, 5) is 16.0. The summed E-state index contributed by atoms with van der Waals surface area (Å²) in [5.41, 5.74) is 0.622. The van der Waals surface area contributed by atoms with Gasteiger partial charge in [-0.05, 0) is 33.2 Å². The lowest BCUT2D eigenvalue weighted by atomic mass is 10.2. The summed E-state index contributed by atoms with van der Waals surface area (Å²) >= 11 is 3.32. The third-order valence-electron chi connectivity index (χ3n) is 4.29. The molecule has 0 radical (unpaired) electrons. The van der Waals surface area contributed by atoms with Crippen LogP contribution >= 0.6 is 15.9 Å². The van der Waals surface area contributed by atoms with Gasteiger partial charge in [0.1, 0.15) is 18.0 Å². The van der Waals surface area contributed by atoms with Crippen molar-refractivity contribution in [3.63, 3.8) is 0 Å². The first kappa shape index (κ1) is 18.0. The van der Waals surface area contributed by atoms with E-state index in [4.69, 9.17) is 0 Å². The molecule has 1 aliphatic rings. The van der Waals surface area contributed by atoms with Gasteiger partial charge in [0, 0.05) is 43.0 Å². The van der Waals surface area contributed by atoms with Crippen molar-refractivity contribution < 1.29 is 17.7 Å². The maximum atomic E-state index is 13.8. The Morgan fingerprint density at radius 1 is 1.11 bits per heavy atom. The van der Waals surface area contributed by atoms with Crippen LogP contribution < -0.4 is 9.80 Å². The first-order chi connectivity index (χ1) is 12.8. The van der Waals surface area contributed by atoms with E-state index in [1.165, 1.54) is 18.5 Å². The van der Waals surface area contributed by atoms with Crippen LogP contribution in [0.3, 0.4) is 0 Å². The molecular formula is C16H14BrF3N6O. The van der Waals surface area contributed by atoms with Crippen LogP contribution in [0, 0.1) is 5.82 Å². The van der Waals surface area contributed by atoms with Gasteiger partial charge in [-0.15, -0.1) is 0 Å². The molecular weight excluding hydrogens is 429 g/mol. The van der Waals surface area contributed by atoms with Gasteiger partial charge >= 0.3 is 5.92 Å². The fourth-order valence-electron chi connectivity index (χ4n) is 2.97. The first-order valence-electron chi connectivity index (χ1n) is 8.14. The van der Waals surface area contributed by atoms with Crippen LogP contribution in [0.15, 0.2) is 27.5 Å². The molecule has 11 heteroatoms. The maximum absolute atomic E-state index is 13.8. The van der Waals surface area contributed by atoms with Crippen LogP contribution in [-0.2, 0) is 5.92 Å². The van der Waals surface area contributed by atoms with Crippen molar-refractivity contribution in [2.45, 2.75) is 12.8 Å². The highest BCUT2D eigenvalue weighted by Gasteiger charge is 2.33. The van der Waals surface area contributed by atoms with E-state index in [2.05, 4.69) is 40.6 Å². The number of aromatic nitrogens is 4. The lowest BCUT2D eigenvalue weighted by Crippen LogP contribution is -2.47. The predicted octanol–water partition coefficient (Wildman–Crippen LogP) is 3.35. The molecule has 3 heterocycles. The zero-order chi connectivity index (χ0) is 19.2. The highest BCUT2D eigenvalue weighted by atomic mass is 79.9. The molecule has 0 saturated carbocycles. The second-order valence-electron chi connectivity index (χ2n) is 6.24. The van der Waals surface area contributed by atoms with Gasteiger partial charge in [-0.3, -0.25) is 0 Å². The third-order valence-corrected chi connectivity index (χ3v) is 4.89. The molecule has 3 aromatic rings. The van der Waals surface area contributed by atoms with Gasteiger partial charge < -0.3 is 14.3 Å². The zero-order valence-electron chi connectivity index (χ0n) is 14.2. The van der Waals surface area contributed by atoms with E-state index in [1.807, 2.05) is 4.90 Å². The van der Waals surface area contributed by atoms with E-state index >= 15 is 0 Å². The largest absolute Gasteiger partial charge is 0.352 e. The molecule has 1 aromatic carbocycles. The number of alkyl halides is 2. The van der Waals surface area contributed by atoms with Gasteiger partial charge in [-0.2, -0.15) is 13.8 Å². The van der Waals surface area contributed by atoms with Crippen molar-refractivity contribution in [1.82, 2.24) is 20.1 Å². The quantitative estimate of drug-likeness (QED) is 0.615. The van der Waals surface area contributed by atoms with Crippen LogP contribution in [0.4, 0.5) is 24.9 Å². The molecule has 0 aliphatic carbocycles. The van der Waals surface area contributed by atoms with Crippen molar-refractivity contribution in [2.24, 2.45) is 0 Å². The van der Waals surface area contributed by atoms with Gasteiger partial charge in [0.25, 0.3) is 11.8 Å². The Balaban J connectivity index is 1.55. The maximum Gasteiger partial charge on any atom is 0.322 e. The normalized spacial score (nSPS) is 15.6. The predicted molar refractivity (Wildman–Crippen MR) is 95.5 cm³/mol. The molecule has 0 bridgehead atoms. The number of fused-ring (bicyclic) bond motifs is 1. The number of piperazine rings is 1. The lowest BCUT2D eigenvalue weighted by molar-refractivity contribution is -0.0158. The molecule has 7 nitrogen and oxygen atoms in total. The fraction of sp³-hybridized carbons (Fsp3) is 0.375. The molecule has 142 valence electrons. The molecule has 27 heavy (non-hydrogen) atoms. The molecule has 1 saturated heterocycles. The SMILES string of the molecule is CC(F)(F)c1nc(N2CCN(c3ncnc4c(Br)cc(F)cc34)CC2)no1. The summed E-state index contributed by atoms with van der Waals surface area (Å²) < 4.78 is 45.5. The molecule has 0 spiro atoms. The Labute approximate surface area is 160 Å². The minimum absolute atomic E-state index is 0.132. The van der Waals surface area contributed by atoms with Gasteiger partial charge in [0.15, 0.2) is 0 Å². The third kappa shape index (κ3) is 3.43. The molecule has 0 N–H and O–H groups in total. The van der Waals surface area contributed by atoms with Crippen molar-refractivity contribution in [3.05, 3.63) is 34.6 Å². The number of hydrogen-bond acceptors (Lipinski definition) is 7. The summed E-state index contributed by atoms with van der Waals surface area (Å²) in [7, 11) is 0. The van der Waals surface area contributed by atoms with Gasteiger partial charge in [0.05, 0.1) is 5.52 Å². The molecule has 1 aliphatic heterocycles. The molecule has 0 unspecified atom stereocenters. The topological polar surface area (TPSA) is 71.2 Å². The van der Waals surface area contributed by atoms with E-state index in [9.17, 15) is 13.2 Å². The average molecular weight is 443 g/mol. The van der Waals surface area contributed by atoms with Crippen LogP contribution in [-0.4, -0.2) is 46.3 Å². The number of halogens is 4. The zero-order valence-corrected chi connectivity index (χ0v) is 15.7. The molecule has 4 rings (SSSR count). The van der Waals surface area contributed by atoms with Crippen LogP contribution in [0.25, 0.3) is 10.9 Å². The number of anilines is 2. The van der Waals surface area contributed by atoms with E-state index in [1.54, 1.807) is 4.90 Å². The Hall–Kier alpha value is -2.43. The van der Waals surface area contributed by atoms with E-state index < -0.39 is 11.8 Å².